The number of hydrogen-bond acceptors (Lipinski definition) is 5. The maximum Gasteiger partial charge on any atom is 0.276 e. The van der Waals surface area contributed by atoms with E-state index in [1.807, 2.05) is 11.9 Å². The lowest BCUT2D eigenvalue weighted by atomic mass is 10.2. The van der Waals surface area contributed by atoms with Gasteiger partial charge >= 0.3 is 0 Å². The number of nitrogens with one attached hydrogen (secondary N) is 2. The van der Waals surface area contributed by atoms with E-state index in [-0.39, 0.29) is 17.5 Å². The van der Waals surface area contributed by atoms with Gasteiger partial charge in [0.25, 0.3) is 5.91 Å². The fourth-order valence-electron chi connectivity index (χ4n) is 2.23. The monoisotopic (exact) mass is 341 g/mol. The van der Waals surface area contributed by atoms with Crippen molar-refractivity contribution in [3.63, 3.8) is 0 Å². The van der Waals surface area contributed by atoms with E-state index in [2.05, 4.69) is 27.8 Å². The molecule has 0 aliphatic heterocycles. The Kier molecular flexibility index (Phi) is 6.45. The Balaban J connectivity index is 2.02. The highest BCUT2D eigenvalue weighted by Gasteiger charge is 2.10. The van der Waals surface area contributed by atoms with Gasteiger partial charge in [-0.3, -0.25) is 9.59 Å². The molecule has 0 saturated carbocycles. The molecule has 0 aliphatic rings. The summed E-state index contributed by atoms with van der Waals surface area (Å²) in [6.45, 7) is 4.46. The second-order valence-corrected chi connectivity index (χ2v) is 5.77. The van der Waals surface area contributed by atoms with E-state index in [0.29, 0.717) is 11.4 Å². The van der Waals surface area contributed by atoms with Gasteiger partial charge in [0, 0.05) is 31.9 Å². The third-order valence-electron chi connectivity index (χ3n) is 3.56. The van der Waals surface area contributed by atoms with E-state index in [0.717, 1.165) is 25.2 Å². The molecule has 0 saturated heterocycles. The number of amides is 2. The lowest BCUT2D eigenvalue weighted by Gasteiger charge is -2.16. The number of nitrogens with zero attached hydrogens (tertiary/aromatic N) is 3. The van der Waals surface area contributed by atoms with Gasteiger partial charge in [-0.25, -0.2) is 0 Å². The summed E-state index contributed by atoms with van der Waals surface area (Å²) in [5, 5.41) is 13.5. The van der Waals surface area contributed by atoms with Crippen LogP contribution >= 0.6 is 0 Å². The zero-order valence-corrected chi connectivity index (χ0v) is 14.7. The SMILES string of the molecule is CCCCN(C)c1ccc(C(=O)Nc2cccc(NC(C)=O)c2)nn1. The normalized spacial score (nSPS) is 10.2. The van der Waals surface area contributed by atoms with Gasteiger partial charge in [-0.05, 0) is 36.8 Å². The van der Waals surface area contributed by atoms with Crippen molar-refractivity contribution in [2.24, 2.45) is 0 Å². The van der Waals surface area contributed by atoms with Crippen molar-refractivity contribution in [1.82, 2.24) is 10.2 Å². The lowest BCUT2D eigenvalue weighted by molar-refractivity contribution is -0.114. The van der Waals surface area contributed by atoms with Crippen LogP contribution < -0.4 is 15.5 Å². The number of carbonyl (C=O) groups excluding carboxylic acids is 2. The number of carbonyl (C=O) groups is 2. The van der Waals surface area contributed by atoms with Crippen LogP contribution in [0.4, 0.5) is 17.2 Å². The molecule has 0 spiro atoms. The van der Waals surface area contributed by atoms with Crippen molar-refractivity contribution in [2.45, 2.75) is 26.7 Å². The molecule has 132 valence electrons. The lowest BCUT2D eigenvalue weighted by Crippen LogP contribution is -2.21. The highest BCUT2D eigenvalue weighted by Crippen LogP contribution is 2.16. The zero-order chi connectivity index (χ0) is 18.2. The highest BCUT2D eigenvalue weighted by molar-refractivity contribution is 6.03. The predicted molar refractivity (Wildman–Crippen MR) is 98.9 cm³/mol. The van der Waals surface area contributed by atoms with Gasteiger partial charge in [0.15, 0.2) is 11.5 Å². The van der Waals surface area contributed by atoms with Crippen molar-refractivity contribution in [2.75, 3.05) is 29.1 Å². The number of benzene rings is 1. The number of aromatic nitrogens is 2. The molecule has 1 aromatic heterocycles. The van der Waals surface area contributed by atoms with E-state index in [4.69, 9.17) is 0 Å². The van der Waals surface area contributed by atoms with Gasteiger partial charge in [-0.2, -0.15) is 0 Å². The first-order chi connectivity index (χ1) is 12.0. The van der Waals surface area contributed by atoms with Crippen LogP contribution in [0.25, 0.3) is 0 Å². The summed E-state index contributed by atoms with van der Waals surface area (Å²) in [7, 11) is 1.95. The molecule has 2 N–H and O–H groups in total. The van der Waals surface area contributed by atoms with Crippen LogP contribution in [0.2, 0.25) is 0 Å². The van der Waals surface area contributed by atoms with E-state index in [1.165, 1.54) is 6.92 Å². The number of anilines is 3. The van der Waals surface area contributed by atoms with Gasteiger partial charge < -0.3 is 15.5 Å². The van der Waals surface area contributed by atoms with Crippen LogP contribution in [0.3, 0.4) is 0 Å². The molecule has 0 bridgehead atoms. The zero-order valence-electron chi connectivity index (χ0n) is 14.7. The van der Waals surface area contributed by atoms with Crippen LogP contribution in [0.15, 0.2) is 36.4 Å². The molecule has 1 heterocycles. The fraction of sp³-hybridized carbons (Fsp3) is 0.333. The first-order valence-electron chi connectivity index (χ1n) is 8.23. The molecular formula is C18H23N5O2. The summed E-state index contributed by atoms with van der Waals surface area (Å²) >= 11 is 0. The summed E-state index contributed by atoms with van der Waals surface area (Å²) in [6, 6.07) is 10.3. The van der Waals surface area contributed by atoms with Crippen LogP contribution in [0.1, 0.15) is 37.2 Å². The van der Waals surface area contributed by atoms with Gasteiger partial charge in [0.2, 0.25) is 5.91 Å². The molecule has 7 nitrogen and oxygen atoms in total. The molecule has 0 aliphatic carbocycles. The van der Waals surface area contributed by atoms with Crippen LogP contribution in [0, 0.1) is 0 Å². The van der Waals surface area contributed by atoms with Gasteiger partial charge in [-0.15, -0.1) is 10.2 Å². The fourth-order valence-corrected chi connectivity index (χ4v) is 2.23. The standard InChI is InChI=1S/C18H23N5O2/c1-4-5-11-23(3)17-10-9-16(21-22-17)18(25)20-15-8-6-7-14(12-15)19-13(2)24/h6-10,12H,4-5,11H2,1-3H3,(H,19,24)(H,20,25). The third kappa shape index (κ3) is 5.56. The van der Waals surface area contributed by atoms with E-state index >= 15 is 0 Å². The highest BCUT2D eigenvalue weighted by atomic mass is 16.2. The average molecular weight is 341 g/mol. The average Bonchev–Trinajstić information content (AvgIpc) is 2.59. The van der Waals surface area contributed by atoms with E-state index in [9.17, 15) is 9.59 Å². The van der Waals surface area contributed by atoms with Gasteiger partial charge in [-0.1, -0.05) is 19.4 Å². The smallest absolute Gasteiger partial charge is 0.276 e. The Morgan fingerprint density at radius 3 is 2.40 bits per heavy atom. The summed E-state index contributed by atoms with van der Waals surface area (Å²) in [5.41, 5.74) is 1.42. The Morgan fingerprint density at radius 1 is 1.08 bits per heavy atom. The molecule has 0 unspecified atom stereocenters. The molecule has 0 atom stereocenters. The quantitative estimate of drug-likeness (QED) is 0.808. The van der Waals surface area contributed by atoms with Crippen molar-refractivity contribution >= 4 is 29.0 Å². The van der Waals surface area contributed by atoms with E-state index < -0.39 is 0 Å². The predicted octanol–water partition coefficient (Wildman–Crippen LogP) is 2.92. The van der Waals surface area contributed by atoms with Crippen molar-refractivity contribution in [3.8, 4) is 0 Å². The molecule has 2 aromatic rings. The molecule has 25 heavy (non-hydrogen) atoms. The molecule has 7 heteroatoms. The molecule has 2 amide bonds. The van der Waals surface area contributed by atoms with Crippen molar-refractivity contribution in [1.29, 1.82) is 0 Å². The Labute approximate surface area is 147 Å². The topological polar surface area (TPSA) is 87.2 Å². The number of hydrogen-bond donors (Lipinski definition) is 2. The first kappa shape index (κ1) is 18.4. The number of unbranched alkanes of at least 4 members (excludes halogenated alkanes) is 1. The maximum absolute atomic E-state index is 12.3. The second-order valence-electron chi connectivity index (χ2n) is 5.77. The molecule has 0 radical (unpaired) electrons. The molecule has 1 aromatic carbocycles. The van der Waals surface area contributed by atoms with Crippen molar-refractivity contribution < 1.29 is 9.59 Å². The molecular weight excluding hydrogens is 318 g/mol. The van der Waals surface area contributed by atoms with Crippen LogP contribution in [-0.2, 0) is 4.79 Å². The Morgan fingerprint density at radius 2 is 1.80 bits per heavy atom. The molecule has 2 rings (SSSR count). The largest absolute Gasteiger partial charge is 0.358 e. The minimum Gasteiger partial charge on any atom is -0.358 e. The Hall–Kier alpha value is -2.96. The van der Waals surface area contributed by atoms with Gasteiger partial charge in [0.05, 0.1) is 0 Å². The van der Waals surface area contributed by atoms with Crippen molar-refractivity contribution in [3.05, 3.63) is 42.1 Å². The maximum atomic E-state index is 12.3. The second kappa shape index (κ2) is 8.77. The Bertz CT molecular complexity index is 731. The minimum atomic E-state index is -0.352. The summed E-state index contributed by atoms with van der Waals surface area (Å²) in [4.78, 5) is 25.4. The minimum absolute atomic E-state index is 0.169. The van der Waals surface area contributed by atoms with Crippen LogP contribution in [-0.4, -0.2) is 35.6 Å². The van der Waals surface area contributed by atoms with Crippen LogP contribution in [0.5, 0.6) is 0 Å². The van der Waals surface area contributed by atoms with Gasteiger partial charge in [0.1, 0.15) is 0 Å². The van der Waals surface area contributed by atoms with E-state index in [1.54, 1.807) is 36.4 Å². The third-order valence-corrected chi connectivity index (χ3v) is 3.56. The molecule has 0 fully saturated rings. The summed E-state index contributed by atoms with van der Waals surface area (Å²) in [5.74, 6) is 0.213. The number of rotatable bonds is 7. The summed E-state index contributed by atoms with van der Waals surface area (Å²) < 4.78 is 0. The summed E-state index contributed by atoms with van der Waals surface area (Å²) in [6.07, 6.45) is 2.18. The first-order valence-corrected chi connectivity index (χ1v) is 8.23.